The molecule has 0 saturated carbocycles. The molecule has 3 N–H and O–H groups in total. The summed E-state index contributed by atoms with van der Waals surface area (Å²) in [5.74, 6) is 0.566. The van der Waals surface area contributed by atoms with E-state index in [1.165, 1.54) is 0 Å². The molecule has 1 aliphatic rings. The van der Waals surface area contributed by atoms with Gasteiger partial charge in [-0.25, -0.2) is 0 Å². The van der Waals surface area contributed by atoms with Crippen LogP contribution in [-0.2, 0) is 4.74 Å². The molecule has 0 aromatic carbocycles. The van der Waals surface area contributed by atoms with Crippen LogP contribution in [0.5, 0.6) is 0 Å². The zero-order chi connectivity index (χ0) is 15.5. The van der Waals surface area contributed by atoms with E-state index in [4.69, 9.17) is 10.5 Å². The van der Waals surface area contributed by atoms with Crippen LogP contribution in [0.15, 0.2) is 4.99 Å². The van der Waals surface area contributed by atoms with Crippen LogP contribution in [-0.4, -0.2) is 80.8 Å². The molecular weight excluding hydrogens is 266 g/mol. The van der Waals surface area contributed by atoms with Crippen molar-refractivity contribution in [3.05, 3.63) is 0 Å². The van der Waals surface area contributed by atoms with Gasteiger partial charge >= 0.3 is 0 Å². The number of nitrogens with zero attached hydrogens (tertiary/aromatic N) is 3. The molecule has 1 unspecified atom stereocenters. The van der Waals surface area contributed by atoms with E-state index < -0.39 is 0 Å². The van der Waals surface area contributed by atoms with Crippen LogP contribution in [0.1, 0.15) is 27.2 Å². The zero-order valence-corrected chi connectivity index (χ0v) is 14.0. The van der Waals surface area contributed by atoms with Gasteiger partial charge in [0.15, 0.2) is 5.96 Å². The van der Waals surface area contributed by atoms with Crippen LogP contribution in [0.2, 0.25) is 0 Å². The Kier molecular flexibility index (Phi) is 9.37. The Morgan fingerprint density at radius 3 is 2.62 bits per heavy atom. The normalized spacial score (nSPS) is 19.0. The Hall–Kier alpha value is -0.850. The molecule has 1 fully saturated rings. The summed E-state index contributed by atoms with van der Waals surface area (Å²) in [6.07, 6.45) is 1.09. The number of aliphatic imine (C=N–C) groups is 1. The number of nitrogens with one attached hydrogen (secondary N) is 1. The molecule has 124 valence electrons. The van der Waals surface area contributed by atoms with E-state index >= 15 is 0 Å². The van der Waals surface area contributed by atoms with Crippen molar-refractivity contribution >= 4 is 5.96 Å². The van der Waals surface area contributed by atoms with Crippen LogP contribution in [0.25, 0.3) is 0 Å². The molecule has 1 atom stereocenters. The molecule has 1 rings (SSSR count). The first-order valence-electron chi connectivity index (χ1n) is 8.25. The fraction of sp³-hybridized carbons (Fsp3) is 0.933. The van der Waals surface area contributed by atoms with Crippen molar-refractivity contribution in [1.29, 1.82) is 0 Å². The van der Waals surface area contributed by atoms with Gasteiger partial charge in [-0.2, -0.15) is 0 Å². The first-order valence-corrected chi connectivity index (χ1v) is 8.25. The van der Waals surface area contributed by atoms with Gasteiger partial charge in [-0.3, -0.25) is 14.8 Å². The van der Waals surface area contributed by atoms with E-state index in [-0.39, 0.29) is 0 Å². The summed E-state index contributed by atoms with van der Waals surface area (Å²) in [5, 5.41) is 3.20. The minimum Gasteiger partial charge on any atom is -0.379 e. The summed E-state index contributed by atoms with van der Waals surface area (Å²) < 4.78 is 5.34. The van der Waals surface area contributed by atoms with E-state index in [1.807, 2.05) is 0 Å². The quantitative estimate of drug-likeness (QED) is 0.365. The lowest BCUT2D eigenvalue weighted by Crippen LogP contribution is -2.40. The lowest BCUT2D eigenvalue weighted by atomic mass is 10.3. The third-order valence-corrected chi connectivity index (χ3v) is 4.02. The van der Waals surface area contributed by atoms with E-state index in [0.29, 0.717) is 12.0 Å². The molecule has 0 aromatic heterocycles. The Morgan fingerprint density at radius 2 is 2.00 bits per heavy atom. The van der Waals surface area contributed by atoms with Gasteiger partial charge in [0, 0.05) is 25.7 Å². The number of morpholine rings is 1. The highest BCUT2D eigenvalue weighted by atomic mass is 16.5. The first kappa shape index (κ1) is 18.2. The van der Waals surface area contributed by atoms with E-state index in [1.54, 1.807) is 0 Å². The average molecular weight is 299 g/mol. The Morgan fingerprint density at radius 1 is 1.33 bits per heavy atom. The second-order valence-electron chi connectivity index (χ2n) is 5.53. The molecule has 0 amide bonds. The predicted molar refractivity (Wildman–Crippen MR) is 88.8 cm³/mol. The number of hydrogen-bond donors (Lipinski definition) is 2. The van der Waals surface area contributed by atoms with Crippen molar-refractivity contribution in [2.75, 3.05) is 59.0 Å². The minimum absolute atomic E-state index is 0.439. The maximum Gasteiger partial charge on any atom is 0.188 e. The first-order chi connectivity index (χ1) is 10.2. The summed E-state index contributed by atoms with van der Waals surface area (Å²) in [6.45, 7) is 15.2. The molecule has 6 nitrogen and oxygen atoms in total. The van der Waals surface area contributed by atoms with Crippen molar-refractivity contribution in [3.8, 4) is 0 Å². The number of guanidine groups is 1. The fourth-order valence-corrected chi connectivity index (χ4v) is 2.59. The monoisotopic (exact) mass is 299 g/mol. The smallest absolute Gasteiger partial charge is 0.188 e. The van der Waals surface area contributed by atoms with Gasteiger partial charge in [0.25, 0.3) is 0 Å². The molecule has 21 heavy (non-hydrogen) atoms. The second-order valence-corrected chi connectivity index (χ2v) is 5.53. The van der Waals surface area contributed by atoms with E-state index in [2.05, 4.69) is 40.9 Å². The molecule has 0 bridgehead atoms. The SMILES string of the molecule is CCN(CC)C(C)CN=C(N)NCCCN1CCOCC1. The van der Waals surface area contributed by atoms with Crippen LogP contribution >= 0.6 is 0 Å². The Labute approximate surface area is 129 Å². The largest absolute Gasteiger partial charge is 0.379 e. The van der Waals surface area contributed by atoms with Crippen molar-refractivity contribution in [1.82, 2.24) is 15.1 Å². The molecule has 1 heterocycles. The van der Waals surface area contributed by atoms with Gasteiger partial charge in [0.2, 0.25) is 0 Å². The summed E-state index contributed by atoms with van der Waals surface area (Å²) >= 11 is 0. The summed E-state index contributed by atoms with van der Waals surface area (Å²) in [7, 11) is 0. The lowest BCUT2D eigenvalue weighted by Gasteiger charge is -2.26. The Bertz CT molecular complexity index is 288. The van der Waals surface area contributed by atoms with Gasteiger partial charge in [0.1, 0.15) is 0 Å². The third kappa shape index (κ3) is 7.64. The molecule has 0 spiro atoms. The minimum atomic E-state index is 0.439. The van der Waals surface area contributed by atoms with Gasteiger partial charge in [-0.1, -0.05) is 13.8 Å². The predicted octanol–water partition coefficient (Wildman–Crippen LogP) is 0.343. The number of likely N-dealkylation sites (N-methyl/N-ethyl adjacent to an activating group) is 1. The van der Waals surface area contributed by atoms with Gasteiger partial charge < -0.3 is 15.8 Å². The van der Waals surface area contributed by atoms with Crippen molar-refractivity contribution in [2.45, 2.75) is 33.2 Å². The highest BCUT2D eigenvalue weighted by Gasteiger charge is 2.10. The lowest BCUT2D eigenvalue weighted by molar-refractivity contribution is 0.0376. The highest BCUT2D eigenvalue weighted by Crippen LogP contribution is 1.99. The van der Waals surface area contributed by atoms with Crippen LogP contribution in [0.4, 0.5) is 0 Å². The molecule has 0 aromatic rings. The summed E-state index contributed by atoms with van der Waals surface area (Å²) in [6, 6.07) is 0.439. The van der Waals surface area contributed by atoms with Crippen molar-refractivity contribution in [3.63, 3.8) is 0 Å². The van der Waals surface area contributed by atoms with Crippen molar-refractivity contribution in [2.24, 2.45) is 10.7 Å². The standard InChI is InChI=1S/C15H33N5O/c1-4-20(5-2)14(3)13-18-15(16)17-7-6-8-19-9-11-21-12-10-19/h14H,4-13H2,1-3H3,(H3,16,17,18). The van der Waals surface area contributed by atoms with Gasteiger partial charge in [0.05, 0.1) is 19.8 Å². The Balaban J connectivity index is 2.11. The summed E-state index contributed by atoms with van der Waals surface area (Å²) in [4.78, 5) is 9.25. The third-order valence-electron chi connectivity index (χ3n) is 4.02. The topological polar surface area (TPSA) is 66.1 Å². The molecule has 0 aliphatic carbocycles. The number of nitrogens with two attached hydrogens (primary N) is 1. The number of rotatable bonds is 9. The molecule has 6 heteroatoms. The zero-order valence-electron chi connectivity index (χ0n) is 14.0. The molecule has 1 saturated heterocycles. The number of ether oxygens (including phenoxy) is 1. The summed E-state index contributed by atoms with van der Waals surface area (Å²) in [5.41, 5.74) is 5.91. The number of hydrogen-bond acceptors (Lipinski definition) is 4. The highest BCUT2D eigenvalue weighted by molar-refractivity contribution is 5.77. The van der Waals surface area contributed by atoms with Crippen LogP contribution < -0.4 is 11.1 Å². The van der Waals surface area contributed by atoms with E-state index in [0.717, 1.165) is 65.4 Å². The molecular formula is C15H33N5O. The van der Waals surface area contributed by atoms with Crippen LogP contribution in [0.3, 0.4) is 0 Å². The van der Waals surface area contributed by atoms with E-state index in [9.17, 15) is 0 Å². The van der Waals surface area contributed by atoms with Gasteiger partial charge in [-0.15, -0.1) is 0 Å². The molecule has 0 radical (unpaired) electrons. The maximum atomic E-state index is 5.91. The maximum absolute atomic E-state index is 5.91. The van der Waals surface area contributed by atoms with Gasteiger partial charge in [-0.05, 0) is 33.0 Å². The van der Waals surface area contributed by atoms with Crippen LogP contribution in [0, 0.1) is 0 Å². The fourth-order valence-electron chi connectivity index (χ4n) is 2.59. The second kappa shape index (κ2) is 10.8. The van der Waals surface area contributed by atoms with Crippen molar-refractivity contribution < 1.29 is 4.74 Å². The molecule has 1 aliphatic heterocycles. The average Bonchev–Trinajstić information content (AvgIpc) is 2.52.